The second kappa shape index (κ2) is 8.37. The Labute approximate surface area is 129 Å². The van der Waals surface area contributed by atoms with E-state index in [0.29, 0.717) is 6.04 Å². The summed E-state index contributed by atoms with van der Waals surface area (Å²) in [6, 6.07) is 8.90. The van der Waals surface area contributed by atoms with Crippen molar-refractivity contribution in [1.29, 1.82) is 0 Å². The van der Waals surface area contributed by atoms with Crippen LogP contribution in [0.4, 0.5) is 0 Å². The molecule has 21 heavy (non-hydrogen) atoms. The molecule has 0 amide bonds. The molecule has 1 aliphatic heterocycles. The summed E-state index contributed by atoms with van der Waals surface area (Å²) in [7, 11) is 2.19. The van der Waals surface area contributed by atoms with Crippen LogP contribution < -0.4 is 10.1 Å². The topological polar surface area (TPSA) is 27.7 Å². The molecule has 0 bridgehead atoms. The van der Waals surface area contributed by atoms with Gasteiger partial charge in [0.15, 0.2) is 0 Å². The van der Waals surface area contributed by atoms with Gasteiger partial charge in [-0.25, -0.2) is 0 Å². The summed E-state index contributed by atoms with van der Waals surface area (Å²) in [6.45, 7) is 11.6. The number of rotatable bonds is 7. The lowest BCUT2D eigenvalue weighted by Crippen LogP contribution is -2.45. The van der Waals surface area contributed by atoms with Gasteiger partial charge in [-0.15, -0.1) is 0 Å². The molecule has 1 N–H and O–H groups in total. The predicted octanol–water partition coefficient (Wildman–Crippen LogP) is 1.81. The normalized spacial score (nSPS) is 17.3. The van der Waals surface area contributed by atoms with Gasteiger partial charge in [-0.2, -0.15) is 0 Å². The molecule has 0 unspecified atom stereocenters. The fourth-order valence-electron chi connectivity index (χ4n) is 2.43. The Kier molecular flexibility index (Phi) is 6.49. The molecule has 1 saturated heterocycles. The van der Waals surface area contributed by atoms with Gasteiger partial charge in [-0.05, 0) is 24.7 Å². The van der Waals surface area contributed by atoms with E-state index in [0.717, 1.165) is 51.6 Å². The average Bonchev–Trinajstić information content (AvgIpc) is 2.48. The first-order valence-corrected chi connectivity index (χ1v) is 7.99. The minimum Gasteiger partial charge on any atom is -0.492 e. The third-order valence-corrected chi connectivity index (χ3v) is 3.89. The average molecular weight is 291 g/mol. The summed E-state index contributed by atoms with van der Waals surface area (Å²) in [4.78, 5) is 4.85. The van der Waals surface area contributed by atoms with Gasteiger partial charge in [-0.3, -0.25) is 4.90 Å². The van der Waals surface area contributed by atoms with Gasteiger partial charge in [-0.1, -0.05) is 26.0 Å². The highest BCUT2D eigenvalue weighted by atomic mass is 16.5. The molecule has 1 aromatic rings. The summed E-state index contributed by atoms with van der Waals surface area (Å²) < 4.78 is 5.90. The van der Waals surface area contributed by atoms with Crippen molar-refractivity contribution in [3.8, 4) is 5.75 Å². The molecule has 2 rings (SSSR count). The summed E-state index contributed by atoms with van der Waals surface area (Å²) in [5, 5.41) is 3.43. The van der Waals surface area contributed by atoms with E-state index in [9.17, 15) is 0 Å². The fourth-order valence-corrected chi connectivity index (χ4v) is 2.43. The molecule has 1 aromatic carbocycles. The summed E-state index contributed by atoms with van der Waals surface area (Å²) in [5.41, 5.74) is 1.28. The van der Waals surface area contributed by atoms with Crippen LogP contribution in [0.3, 0.4) is 0 Å². The van der Waals surface area contributed by atoms with Crippen molar-refractivity contribution in [1.82, 2.24) is 15.1 Å². The highest BCUT2D eigenvalue weighted by Crippen LogP contribution is 2.13. The first kappa shape index (κ1) is 16.3. The molecule has 0 atom stereocenters. The molecular weight excluding hydrogens is 262 g/mol. The van der Waals surface area contributed by atoms with Crippen LogP contribution in [0.1, 0.15) is 19.4 Å². The lowest BCUT2D eigenvalue weighted by atomic mass is 10.2. The van der Waals surface area contributed by atoms with Crippen molar-refractivity contribution < 1.29 is 4.74 Å². The fraction of sp³-hybridized carbons (Fsp3) is 0.647. The van der Waals surface area contributed by atoms with Gasteiger partial charge in [0, 0.05) is 45.3 Å². The minimum atomic E-state index is 0.506. The number of nitrogens with zero attached hydrogens (tertiary/aromatic N) is 2. The van der Waals surface area contributed by atoms with Gasteiger partial charge in [0.1, 0.15) is 12.4 Å². The van der Waals surface area contributed by atoms with E-state index < -0.39 is 0 Å². The smallest absolute Gasteiger partial charge is 0.119 e. The van der Waals surface area contributed by atoms with Crippen molar-refractivity contribution in [2.75, 3.05) is 46.4 Å². The molecule has 4 heteroatoms. The second-order valence-electron chi connectivity index (χ2n) is 6.18. The van der Waals surface area contributed by atoms with Crippen molar-refractivity contribution in [2.45, 2.75) is 26.4 Å². The molecule has 0 saturated carbocycles. The zero-order valence-electron chi connectivity index (χ0n) is 13.6. The maximum absolute atomic E-state index is 5.90. The number of nitrogens with one attached hydrogen (secondary N) is 1. The second-order valence-corrected chi connectivity index (χ2v) is 6.18. The van der Waals surface area contributed by atoms with Gasteiger partial charge < -0.3 is 15.0 Å². The van der Waals surface area contributed by atoms with E-state index in [-0.39, 0.29) is 0 Å². The van der Waals surface area contributed by atoms with E-state index >= 15 is 0 Å². The molecule has 118 valence electrons. The molecule has 0 aromatic heterocycles. The van der Waals surface area contributed by atoms with Crippen LogP contribution in [0.15, 0.2) is 24.3 Å². The van der Waals surface area contributed by atoms with E-state index in [2.05, 4.69) is 54.2 Å². The van der Waals surface area contributed by atoms with Crippen LogP contribution in [0.25, 0.3) is 0 Å². The van der Waals surface area contributed by atoms with Gasteiger partial charge >= 0.3 is 0 Å². The Bertz CT molecular complexity index is 414. The number of hydrogen-bond acceptors (Lipinski definition) is 4. The molecule has 1 aliphatic rings. The van der Waals surface area contributed by atoms with E-state index in [1.807, 2.05) is 6.07 Å². The number of ether oxygens (including phenoxy) is 1. The van der Waals surface area contributed by atoms with Crippen LogP contribution in [0, 0.1) is 0 Å². The van der Waals surface area contributed by atoms with E-state index in [1.165, 1.54) is 5.56 Å². The standard InChI is InChI=1S/C17H29N3O/c1-15(2)18-14-16-5-4-6-17(13-16)21-12-11-20-9-7-19(3)8-10-20/h4-6,13,15,18H,7-12,14H2,1-3H3. The number of piperazine rings is 1. The van der Waals surface area contributed by atoms with Crippen LogP contribution >= 0.6 is 0 Å². The molecule has 1 fully saturated rings. The molecular formula is C17H29N3O. The zero-order valence-corrected chi connectivity index (χ0v) is 13.6. The quantitative estimate of drug-likeness (QED) is 0.829. The maximum Gasteiger partial charge on any atom is 0.119 e. The van der Waals surface area contributed by atoms with Gasteiger partial charge in [0.05, 0.1) is 0 Å². The molecule has 4 nitrogen and oxygen atoms in total. The Balaban J connectivity index is 1.71. The van der Waals surface area contributed by atoms with Crippen molar-refractivity contribution in [2.24, 2.45) is 0 Å². The summed E-state index contributed by atoms with van der Waals surface area (Å²) >= 11 is 0. The van der Waals surface area contributed by atoms with Crippen molar-refractivity contribution in [3.05, 3.63) is 29.8 Å². The minimum absolute atomic E-state index is 0.506. The van der Waals surface area contributed by atoms with E-state index in [1.54, 1.807) is 0 Å². The van der Waals surface area contributed by atoms with Crippen LogP contribution in [0.2, 0.25) is 0 Å². The Morgan fingerprint density at radius 3 is 2.67 bits per heavy atom. The zero-order chi connectivity index (χ0) is 15.1. The third-order valence-electron chi connectivity index (χ3n) is 3.89. The highest BCUT2D eigenvalue weighted by molar-refractivity contribution is 5.28. The first-order chi connectivity index (χ1) is 10.1. The molecule has 0 aliphatic carbocycles. The molecule has 0 spiro atoms. The monoisotopic (exact) mass is 291 g/mol. The number of likely N-dealkylation sites (N-methyl/N-ethyl adjacent to an activating group) is 1. The van der Waals surface area contributed by atoms with E-state index in [4.69, 9.17) is 4.74 Å². The predicted molar refractivity (Wildman–Crippen MR) is 87.8 cm³/mol. The molecule has 1 heterocycles. The number of benzene rings is 1. The first-order valence-electron chi connectivity index (χ1n) is 7.99. The van der Waals surface area contributed by atoms with Crippen LogP contribution in [-0.2, 0) is 6.54 Å². The number of hydrogen-bond donors (Lipinski definition) is 1. The van der Waals surface area contributed by atoms with Crippen LogP contribution in [0.5, 0.6) is 5.75 Å². The lowest BCUT2D eigenvalue weighted by molar-refractivity contribution is 0.133. The SMILES string of the molecule is CC(C)NCc1cccc(OCCN2CCN(C)CC2)c1. The van der Waals surface area contributed by atoms with Crippen LogP contribution in [-0.4, -0.2) is 62.2 Å². The summed E-state index contributed by atoms with van der Waals surface area (Å²) in [6.07, 6.45) is 0. The largest absolute Gasteiger partial charge is 0.492 e. The Morgan fingerprint density at radius 2 is 1.95 bits per heavy atom. The maximum atomic E-state index is 5.90. The van der Waals surface area contributed by atoms with Gasteiger partial charge in [0.2, 0.25) is 0 Å². The highest BCUT2D eigenvalue weighted by Gasteiger charge is 2.13. The lowest BCUT2D eigenvalue weighted by Gasteiger charge is -2.32. The van der Waals surface area contributed by atoms with Crippen molar-refractivity contribution in [3.63, 3.8) is 0 Å². The Morgan fingerprint density at radius 1 is 1.19 bits per heavy atom. The summed E-state index contributed by atoms with van der Waals surface area (Å²) in [5.74, 6) is 0.979. The Hall–Kier alpha value is -1.10. The molecule has 0 radical (unpaired) electrons. The van der Waals surface area contributed by atoms with Gasteiger partial charge in [0.25, 0.3) is 0 Å². The van der Waals surface area contributed by atoms with Crippen molar-refractivity contribution >= 4 is 0 Å². The third kappa shape index (κ3) is 6.04.